The van der Waals surface area contributed by atoms with Crippen LogP contribution in [-0.2, 0) is 22.4 Å². The van der Waals surface area contributed by atoms with Gasteiger partial charge in [-0.05, 0) is 60.4 Å². The first kappa shape index (κ1) is 42.5. The number of likely N-dealkylation sites (N-methyl/N-ethyl adjacent to an activating group) is 2. The highest BCUT2D eigenvalue weighted by molar-refractivity contribution is 6.03. The Balaban J connectivity index is 0.785. The second kappa shape index (κ2) is 19.6. The molecule has 0 saturated carbocycles. The van der Waals surface area contributed by atoms with Crippen LogP contribution in [-0.4, -0.2) is 93.4 Å². The third kappa shape index (κ3) is 10.3. The molecule has 2 atom stereocenters. The van der Waals surface area contributed by atoms with Gasteiger partial charge in [-0.15, -0.1) is 10.2 Å². The molecule has 0 aliphatic carbocycles. The van der Waals surface area contributed by atoms with Crippen molar-refractivity contribution >= 4 is 35.0 Å². The Bertz CT molecular complexity index is 2610. The molecule has 4 amide bonds. The number of rotatable bonds is 11. The number of aromatic amines is 2. The molecule has 16 nitrogen and oxygen atoms in total. The van der Waals surface area contributed by atoms with Crippen molar-refractivity contribution in [2.75, 3.05) is 37.1 Å². The van der Waals surface area contributed by atoms with Gasteiger partial charge in [-0.2, -0.15) is 0 Å². The van der Waals surface area contributed by atoms with E-state index in [1.165, 1.54) is 9.80 Å². The predicted octanol–water partition coefficient (Wildman–Crippen LogP) is 4.38. The van der Waals surface area contributed by atoms with Gasteiger partial charge in [0, 0.05) is 50.9 Å². The summed E-state index contributed by atoms with van der Waals surface area (Å²) in [6, 6.07) is 28.3. The second-order valence-electron chi connectivity index (χ2n) is 15.2. The molecule has 0 unspecified atom stereocenters. The van der Waals surface area contributed by atoms with E-state index >= 15 is 0 Å². The van der Waals surface area contributed by atoms with E-state index in [-0.39, 0.29) is 36.7 Å². The van der Waals surface area contributed by atoms with Crippen LogP contribution in [0.15, 0.2) is 97.1 Å². The number of H-pyrrole nitrogens is 2. The molecule has 2 aliphatic heterocycles. The van der Waals surface area contributed by atoms with Crippen LogP contribution in [0.1, 0.15) is 80.8 Å². The van der Waals surface area contributed by atoms with E-state index < -0.39 is 23.9 Å². The summed E-state index contributed by atoms with van der Waals surface area (Å²) in [5, 5.41) is 19.1. The zero-order valence-corrected chi connectivity index (χ0v) is 35.2. The van der Waals surface area contributed by atoms with Gasteiger partial charge in [0.1, 0.15) is 48.4 Å². The van der Waals surface area contributed by atoms with Crippen LogP contribution in [0.3, 0.4) is 0 Å². The summed E-state index contributed by atoms with van der Waals surface area (Å²) < 4.78 is 11.9. The van der Waals surface area contributed by atoms with Crippen LogP contribution in [0.25, 0.3) is 0 Å². The van der Waals surface area contributed by atoms with E-state index in [4.69, 9.17) is 9.47 Å². The van der Waals surface area contributed by atoms with Crippen LogP contribution < -0.4 is 29.9 Å². The smallest absolute Gasteiger partial charge is 0.291 e. The van der Waals surface area contributed by atoms with Gasteiger partial charge < -0.3 is 29.9 Å². The van der Waals surface area contributed by atoms with E-state index in [0.717, 1.165) is 35.1 Å². The van der Waals surface area contributed by atoms with E-state index in [2.05, 4.69) is 64.7 Å². The minimum Gasteiger partial charge on any atom is -0.489 e. The van der Waals surface area contributed by atoms with Crippen molar-refractivity contribution in [1.82, 2.24) is 41.0 Å². The van der Waals surface area contributed by atoms with Crippen LogP contribution in [0.2, 0.25) is 0 Å². The molecule has 0 bridgehead atoms. The van der Waals surface area contributed by atoms with E-state index in [1.807, 2.05) is 72.8 Å². The van der Waals surface area contributed by atoms with Crippen molar-refractivity contribution in [3.63, 3.8) is 0 Å². The van der Waals surface area contributed by atoms with Crippen LogP contribution >= 0.6 is 0 Å². The second-order valence-corrected chi connectivity index (χ2v) is 15.2. The number of anilines is 2. The molecule has 6 aromatic rings. The molecule has 0 spiro atoms. The number of aromatic nitrogens is 6. The largest absolute Gasteiger partial charge is 0.489 e. The van der Waals surface area contributed by atoms with E-state index in [0.29, 0.717) is 60.2 Å². The molecule has 0 saturated heterocycles. The lowest BCUT2D eigenvalue weighted by atomic mass is 10.1. The standard InChI is InChI=1S/C48H44N10O6/c1-57-37-25-33(21-23-39(37)63-29-35(47(57)61)49-45(59)43-51-41(53-55-43)27-31-15-11-7-12-16-31)19-9-5-3-4-6-10-20-34-22-24-40-38(26-34)58(2)48(62)36(30-64-40)50-46(60)44-52-42(54-56-44)28-32-17-13-8-14-18-32/h7-8,11-18,21-26,35-36H,3-6,27-30H2,1-2H3,(H,49,59)(H,50,60)(H,51,53,55)(H,52,54,56)/t35-,36-/m0/s1. The summed E-state index contributed by atoms with van der Waals surface area (Å²) in [6.07, 6.45) is 3.94. The predicted molar refractivity (Wildman–Crippen MR) is 237 cm³/mol. The number of benzene rings is 4. The molecule has 4 N–H and O–H groups in total. The fourth-order valence-corrected chi connectivity index (χ4v) is 7.09. The average Bonchev–Trinajstić information content (AvgIpc) is 3.95. The summed E-state index contributed by atoms with van der Waals surface area (Å²) in [5.74, 6) is 12.9. The van der Waals surface area contributed by atoms with Crippen LogP contribution in [0, 0.1) is 23.7 Å². The van der Waals surface area contributed by atoms with Crippen molar-refractivity contribution in [3.05, 3.63) is 143 Å². The lowest BCUT2D eigenvalue weighted by Gasteiger charge is -2.20. The molecule has 2 aromatic heterocycles. The number of hydrogen-bond acceptors (Lipinski definition) is 10. The number of nitrogens with one attached hydrogen (secondary N) is 4. The normalized spacial score (nSPS) is 15.4. The molecule has 0 fully saturated rings. The number of hydrogen-bond donors (Lipinski definition) is 4. The lowest BCUT2D eigenvalue weighted by Crippen LogP contribution is -2.49. The Labute approximate surface area is 369 Å². The van der Waals surface area contributed by atoms with Crippen molar-refractivity contribution in [1.29, 1.82) is 0 Å². The quantitative estimate of drug-likeness (QED) is 0.107. The van der Waals surface area contributed by atoms with Gasteiger partial charge in [0.2, 0.25) is 11.6 Å². The first-order chi connectivity index (χ1) is 31.2. The molecule has 0 radical (unpaired) electrons. The lowest BCUT2D eigenvalue weighted by molar-refractivity contribution is -0.121. The number of unbranched alkanes of at least 4 members (excludes halogenated alkanes) is 3. The zero-order valence-electron chi connectivity index (χ0n) is 35.2. The minimum absolute atomic E-state index is 0.0562. The number of amides is 4. The summed E-state index contributed by atoms with van der Waals surface area (Å²) in [6.45, 7) is -0.112. The van der Waals surface area contributed by atoms with Gasteiger partial charge in [-0.25, -0.2) is 9.97 Å². The minimum atomic E-state index is -0.949. The number of nitrogens with zero attached hydrogens (tertiary/aromatic N) is 6. The highest BCUT2D eigenvalue weighted by Gasteiger charge is 2.33. The van der Waals surface area contributed by atoms with E-state index in [9.17, 15) is 19.2 Å². The molecular formula is C48H44N10O6. The first-order valence-electron chi connectivity index (χ1n) is 20.8. The number of carbonyl (C=O) groups is 4. The Hall–Kier alpha value is -8.24. The molecule has 322 valence electrons. The maximum Gasteiger partial charge on any atom is 0.291 e. The van der Waals surface area contributed by atoms with Crippen LogP contribution in [0.5, 0.6) is 11.5 Å². The number of carbonyl (C=O) groups excluding carboxylic acids is 4. The van der Waals surface area contributed by atoms with Crippen molar-refractivity contribution < 1.29 is 28.7 Å². The summed E-state index contributed by atoms with van der Waals surface area (Å²) in [5.41, 5.74) is 4.59. The van der Waals surface area contributed by atoms with E-state index in [1.54, 1.807) is 38.4 Å². The average molecular weight is 857 g/mol. The zero-order chi connectivity index (χ0) is 44.4. The third-order valence-electron chi connectivity index (χ3n) is 10.5. The molecule has 16 heteroatoms. The Morgan fingerprint density at radius 3 is 1.48 bits per heavy atom. The molecule has 2 aliphatic rings. The summed E-state index contributed by atoms with van der Waals surface area (Å²) in [7, 11) is 3.27. The Morgan fingerprint density at radius 1 is 0.641 bits per heavy atom. The van der Waals surface area contributed by atoms with Crippen molar-refractivity contribution in [2.45, 2.75) is 50.6 Å². The maximum atomic E-state index is 13.4. The highest BCUT2D eigenvalue weighted by Crippen LogP contribution is 2.33. The third-order valence-corrected chi connectivity index (χ3v) is 10.5. The molecule has 4 aromatic carbocycles. The fourth-order valence-electron chi connectivity index (χ4n) is 7.09. The first-order valence-corrected chi connectivity index (χ1v) is 20.8. The van der Waals surface area contributed by atoms with Gasteiger partial charge in [0.15, 0.2) is 0 Å². The summed E-state index contributed by atoms with van der Waals surface area (Å²) in [4.78, 5) is 64.4. The highest BCUT2D eigenvalue weighted by atomic mass is 16.5. The molecule has 64 heavy (non-hydrogen) atoms. The maximum absolute atomic E-state index is 13.4. The molecule has 4 heterocycles. The number of fused-ring (bicyclic) bond motifs is 2. The SMILES string of the molecule is CN1C(=O)[C@@H](NC(=O)c2n[nH]c(Cc3ccccc3)n2)COc2ccc(C#CCCCCC#Cc3ccc4c(c3)N(C)C(=O)[C@@H](NC(=O)c3n[nH]c(Cc5ccccc5)n3)CO4)cc21. The Morgan fingerprint density at radius 2 is 1.06 bits per heavy atom. The van der Waals surface area contributed by atoms with Crippen molar-refractivity contribution in [3.8, 4) is 35.2 Å². The Kier molecular flexibility index (Phi) is 13.0. The van der Waals surface area contributed by atoms with Gasteiger partial charge in [-0.3, -0.25) is 29.4 Å². The number of ether oxygens (including phenoxy) is 2. The van der Waals surface area contributed by atoms with Crippen molar-refractivity contribution in [2.24, 2.45) is 0 Å². The van der Waals surface area contributed by atoms with Gasteiger partial charge >= 0.3 is 0 Å². The molecular weight excluding hydrogens is 813 g/mol. The summed E-state index contributed by atoms with van der Waals surface area (Å²) >= 11 is 0. The van der Waals surface area contributed by atoms with Gasteiger partial charge in [-0.1, -0.05) is 84.3 Å². The van der Waals surface area contributed by atoms with Gasteiger partial charge in [0.25, 0.3) is 23.6 Å². The van der Waals surface area contributed by atoms with Gasteiger partial charge in [0.05, 0.1) is 11.4 Å². The monoisotopic (exact) mass is 856 g/mol. The molecule has 8 rings (SSSR count). The fraction of sp³-hybridized carbons (Fsp3) is 0.250. The topological polar surface area (TPSA) is 200 Å². The van der Waals surface area contributed by atoms with Crippen LogP contribution in [0.4, 0.5) is 11.4 Å².